The third-order valence-electron chi connectivity index (χ3n) is 3.11. The number of anilines is 1. The molecule has 0 aliphatic carbocycles. The van der Waals surface area contributed by atoms with E-state index >= 15 is 0 Å². The van der Waals surface area contributed by atoms with E-state index in [0.717, 1.165) is 10.1 Å². The highest BCUT2D eigenvalue weighted by Gasteiger charge is 2.18. The Bertz CT molecular complexity index is 700. The fourth-order valence-corrected chi connectivity index (χ4v) is 3.83. The molecular weight excluding hydrogens is 328 g/mol. The van der Waals surface area contributed by atoms with Gasteiger partial charge in [-0.2, -0.15) is 0 Å². The van der Waals surface area contributed by atoms with Gasteiger partial charge in [0.15, 0.2) is 0 Å². The second-order valence-corrected chi connectivity index (χ2v) is 7.97. The largest absolute Gasteiger partial charge is 0.397 e. The molecule has 1 amide bonds. The second-order valence-electron chi connectivity index (χ2n) is 4.93. The molecule has 0 aliphatic heterocycles. The average molecular weight is 345 g/mol. The zero-order valence-corrected chi connectivity index (χ0v) is 14.2. The van der Waals surface area contributed by atoms with Crippen molar-refractivity contribution in [3.8, 4) is 0 Å². The van der Waals surface area contributed by atoms with Crippen LogP contribution < -0.4 is 11.1 Å². The van der Waals surface area contributed by atoms with Gasteiger partial charge in [0.25, 0.3) is 5.91 Å². The summed E-state index contributed by atoms with van der Waals surface area (Å²) in [6.45, 7) is 1.89. The summed E-state index contributed by atoms with van der Waals surface area (Å²) in [5, 5.41) is 4.29. The summed E-state index contributed by atoms with van der Waals surface area (Å²) in [4.78, 5) is 12.8. The number of nitrogen functional groups attached to an aromatic ring is 1. The van der Waals surface area contributed by atoms with Crippen LogP contribution in [0.5, 0.6) is 0 Å². The molecule has 0 bridgehead atoms. The van der Waals surface area contributed by atoms with Crippen LogP contribution in [0.15, 0.2) is 18.2 Å². The molecule has 2 atom stereocenters. The number of nitrogens with two attached hydrogens (primary N) is 1. The zero-order chi connectivity index (χ0) is 15.6. The summed E-state index contributed by atoms with van der Waals surface area (Å²) in [5.74, 6) is 0.373. The second kappa shape index (κ2) is 6.77. The van der Waals surface area contributed by atoms with E-state index in [0.29, 0.717) is 27.8 Å². The van der Waals surface area contributed by atoms with E-state index in [4.69, 9.17) is 17.3 Å². The maximum Gasteiger partial charge on any atom is 0.263 e. The third-order valence-corrected chi connectivity index (χ3v) is 5.34. The summed E-state index contributed by atoms with van der Waals surface area (Å²) in [7, 11) is -0.853. The number of fused-ring (bicyclic) bond motifs is 1. The maximum absolute atomic E-state index is 12.3. The number of carbonyl (C=O) groups is 1. The molecule has 0 aliphatic rings. The monoisotopic (exact) mass is 344 g/mol. The van der Waals surface area contributed by atoms with Crippen LogP contribution in [0.25, 0.3) is 10.1 Å². The Balaban J connectivity index is 2.16. The van der Waals surface area contributed by atoms with Gasteiger partial charge in [-0.1, -0.05) is 11.6 Å². The SMILES string of the molecule is CC(CCS(C)=O)NC(=O)c1sc2ccc(Cl)cc2c1N. The van der Waals surface area contributed by atoms with Gasteiger partial charge < -0.3 is 11.1 Å². The van der Waals surface area contributed by atoms with Crippen molar-refractivity contribution >= 4 is 55.4 Å². The van der Waals surface area contributed by atoms with Crippen LogP contribution >= 0.6 is 22.9 Å². The number of benzene rings is 1. The van der Waals surface area contributed by atoms with Gasteiger partial charge in [-0.25, -0.2) is 0 Å². The molecule has 21 heavy (non-hydrogen) atoms. The lowest BCUT2D eigenvalue weighted by molar-refractivity contribution is 0.0944. The van der Waals surface area contributed by atoms with Crippen LogP contribution in [0.1, 0.15) is 23.0 Å². The molecule has 0 saturated carbocycles. The van der Waals surface area contributed by atoms with E-state index in [1.165, 1.54) is 11.3 Å². The number of nitrogens with one attached hydrogen (secondary N) is 1. The van der Waals surface area contributed by atoms with E-state index < -0.39 is 10.8 Å². The highest BCUT2D eigenvalue weighted by atomic mass is 35.5. The first-order chi connectivity index (χ1) is 9.88. The van der Waals surface area contributed by atoms with E-state index in [1.54, 1.807) is 18.4 Å². The van der Waals surface area contributed by atoms with Crippen LogP contribution in [0, 0.1) is 0 Å². The Morgan fingerprint density at radius 1 is 1.52 bits per heavy atom. The molecule has 3 N–H and O–H groups in total. The van der Waals surface area contributed by atoms with Crippen LogP contribution in [0.4, 0.5) is 5.69 Å². The number of amides is 1. The van der Waals surface area contributed by atoms with Crippen molar-refractivity contribution in [1.82, 2.24) is 5.32 Å². The lowest BCUT2D eigenvalue weighted by atomic mass is 10.2. The zero-order valence-electron chi connectivity index (χ0n) is 11.8. The fourth-order valence-electron chi connectivity index (χ4n) is 1.96. The smallest absolute Gasteiger partial charge is 0.263 e. The molecule has 0 spiro atoms. The molecule has 114 valence electrons. The first-order valence-corrected chi connectivity index (χ1v) is 9.39. The maximum atomic E-state index is 12.3. The molecular formula is C14H17ClN2O2S2. The van der Waals surface area contributed by atoms with Gasteiger partial charge in [0.2, 0.25) is 0 Å². The summed E-state index contributed by atoms with van der Waals surface area (Å²) >= 11 is 7.31. The predicted molar refractivity (Wildman–Crippen MR) is 91.7 cm³/mol. The minimum absolute atomic E-state index is 0.0467. The summed E-state index contributed by atoms with van der Waals surface area (Å²) < 4.78 is 12.0. The summed E-state index contributed by atoms with van der Waals surface area (Å²) in [5.41, 5.74) is 6.51. The van der Waals surface area contributed by atoms with E-state index in [1.807, 2.05) is 13.0 Å². The highest BCUT2D eigenvalue weighted by Crippen LogP contribution is 2.35. The molecule has 2 unspecified atom stereocenters. The van der Waals surface area contributed by atoms with E-state index in [2.05, 4.69) is 5.32 Å². The number of carbonyl (C=O) groups excluding carboxylic acids is 1. The van der Waals surface area contributed by atoms with Gasteiger partial charge in [-0.3, -0.25) is 9.00 Å². The van der Waals surface area contributed by atoms with Gasteiger partial charge in [-0.05, 0) is 31.5 Å². The Morgan fingerprint density at radius 2 is 2.24 bits per heavy atom. The first-order valence-electron chi connectivity index (χ1n) is 6.47. The number of thiophene rings is 1. The lowest BCUT2D eigenvalue weighted by Crippen LogP contribution is -2.33. The average Bonchev–Trinajstić information content (AvgIpc) is 2.74. The van der Waals surface area contributed by atoms with Crippen molar-refractivity contribution in [3.05, 3.63) is 28.1 Å². The van der Waals surface area contributed by atoms with Gasteiger partial charge in [0.05, 0.1) is 5.69 Å². The minimum Gasteiger partial charge on any atom is -0.397 e. The normalized spacial score (nSPS) is 14.0. The van der Waals surface area contributed by atoms with Crippen molar-refractivity contribution < 1.29 is 9.00 Å². The fraction of sp³-hybridized carbons (Fsp3) is 0.357. The van der Waals surface area contributed by atoms with Crippen molar-refractivity contribution in [2.45, 2.75) is 19.4 Å². The Morgan fingerprint density at radius 3 is 2.90 bits per heavy atom. The van der Waals surface area contributed by atoms with Gasteiger partial charge in [0.1, 0.15) is 4.88 Å². The van der Waals surface area contributed by atoms with E-state index in [-0.39, 0.29) is 11.9 Å². The molecule has 0 radical (unpaired) electrons. The van der Waals surface area contributed by atoms with Crippen LogP contribution in [-0.2, 0) is 10.8 Å². The van der Waals surface area contributed by atoms with E-state index in [9.17, 15) is 9.00 Å². The van der Waals surface area contributed by atoms with Crippen LogP contribution in [-0.4, -0.2) is 28.2 Å². The molecule has 2 aromatic rings. The number of halogens is 1. The molecule has 1 aromatic carbocycles. The molecule has 7 heteroatoms. The number of rotatable bonds is 5. The standard InChI is InChI=1S/C14H17ClN2O2S2/c1-8(5-6-21(2)19)17-14(18)13-12(16)10-7-9(15)3-4-11(10)20-13/h3-4,7-8H,5-6,16H2,1-2H3,(H,17,18). The Hall–Kier alpha value is -1.11. The van der Waals surface area contributed by atoms with Gasteiger partial charge in [0, 0.05) is 44.0 Å². The Kier molecular flexibility index (Phi) is 5.24. The molecule has 2 rings (SSSR count). The van der Waals surface area contributed by atoms with Crippen molar-refractivity contribution in [1.29, 1.82) is 0 Å². The van der Waals surface area contributed by atoms with Gasteiger partial charge >= 0.3 is 0 Å². The summed E-state index contributed by atoms with van der Waals surface area (Å²) in [6, 6.07) is 5.36. The highest BCUT2D eigenvalue weighted by molar-refractivity contribution is 7.84. The molecule has 1 aromatic heterocycles. The molecule has 0 saturated heterocycles. The van der Waals surface area contributed by atoms with Crippen molar-refractivity contribution in [3.63, 3.8) is 0 Å². The van der Waals surface area contributed by atoms with Crippen LogP contribution in [0.3, 0.4) is 0 Å². The van der Waals surface area contributed by atoms with Crippen molar-refractivity contribution in [2.24, 2.45) is 0 Å². The number of hydrogen-bond donors (Lipinski definition) is 2. The van der Waals surface area contributed by atoms with Crippen molar-refractivity contribution in [2.75, 3.05) is 17.7 Å². The first kappa shape index (κ1) is 16.3. The molecule has 1 heterocycles. The third kappa shape index (κ3) is 3.96. The Labute approximate surface area is 135 Å². The quantitative estimate of drug-likeness (QED) is 0.875. The lowest BCUT2D eigenvalue weighted by Gasteiger charge is -2.12. The predicted octanol–water partition coefficient (Wildman–Crippen LogP) is 3.02. The number of hydrogen-bond acceptors (Lipinski definition) is 4. The summed E-state index contributed by atoms with van der Waals surface area (Å²) in [6.07, 6.45) is 2.33. The van der Waals surface area contributed by atoms with Crippen LogP contribution in [0.2, 0.25) is 5.02 Å². The van der Waals surface area contributed by atoms with Gasteiger partial charge in [-0.15, -0.1) is 11.3 Å². The molecule has 0 fully saturated rings. The topological polar surface area (TPSA) is 72.2 Å². The minimum atomic E-state index is -0.853. The molecule has 4 nitrogen and oxygen atoms in total.